The topological polar surface area (TPSA) is 79.0 Å². The highest BCUT2D eigenvalue weighted by atomic mass is 35.5. The van der Waals surface area contributed by atoms with E-state index in [1.54, 1.807) is 4.90 Å². The molecule has 1 amide bonds. The summed E-state index contributed by atoms with van der Waals surface area (Å²) in [5, 5.41) is 3.43. The number of ether oxygens (including phenoxy) is 1. The smallest absolute Gasteiger partial charge is 0.243 e. The maximum absolute atomic E-state index is 13.4. The minimum absolute atomic E-state index is 0.0432. The Bertz CT molecular complexity index is 1010. The average Bonchev–Trinajstić information content (AvgIpc) is 2.78. The Morgan fingerprint density at radius 1 is 1.16 bits per heavy atom. The van der Waals surface area contributed by atoms with Gasteiger partial charge in [0.05, 0.1) is 17.0 Å². The number of aryl methyl sites for hydroxylation is 1. The van der Waals surface area contributed by atoms with Crippen molar-refractivity contribution in [2.45, 2.75) is 24.8 Å². The summed E-state index contributed by atoms with van der Waals surface area (Å²) in [5.74, 6) is 0.359. The highest BCUT2D eigenvalue weighted by Gasteiger charge is 2.27. The summed E-state index contributed by atoms with van der Waals surface area (Å²) < 4.78 is 33.3. The number of rotatable bonds is 8. The van der Waals surface area contributed by atoms with E-state index in [4.69, 9.17) is 16.3 Å². The van der Waals surface area contributed by atoms with Gasteiger partial charge in [-0.2, -0.15) is 4.31 Å². The van der Waals surface area contributed by atoms with E-state index < -0.39 is 10.0 Å². The second-order valence-corrected chi connectivity index (χ2v) is 9.85. The van der Waals surface area contributed by atoms with Crippen LogP contribution >= 0.6 is 11.6 Å². The quantitative estimate of drug-likeness (QED) is 0.648. The van der Waals surface area contributed by atoms with Gasteiger partial charge in [-0.3, -0.25) is 4.79 Å². The number of amides is 1. The summed E-state index contributed by atoms with van der Waals surface area (Å²) in [4.78, 5) is 14.5. The molecule has 31 heavy (non-hydrogen) atoms. The van der Waals surface area contributed by atoms with Crippen molar-refractivity contribution in [2.24, 2.45) is 0 Å². The molecule has 0 aromatic heterocycles. The van der Waals surface area contributed by atoms with Crippen molar-refractivity contribution >= 4 is 27.5 Å². The number of halogens is 1. The van der Waals surface area contributed by atoms with Crippen molar-refractivity contribution in [2.75, 3.05) is 39.8 Å². The molecule has 3 rings (SSSR count). The zero-order valence-electron chi connectivity index (χ0n) is 17.8. The third-order valence-electron chi connectivity index (χ3n) is 5.29. The molecular formula is C22H28ClN3O4S. The molecular weight excluding hydrogens is 438 g/mol. The molecule has 0 radical (unpaired) electrons. The predicted octanol–water partition coefficient (Wildman–Crippen LogP) is 2.67. The minimum Gasteiger partial charge on any atom is -0.495 e. The van der Waals surface area contributed by atoms with Crippen molar-refractivity contribution in [1.29, 1.82) is 0 Å². The number of piperazine rings is 1. The molecule has 0 unspecified atom stereocenters. The van der Waals surface area contributed by atoms with Gasteiger partial charge in [0.1, 0.15) is 5.75 Å². The zero-order valence-corrected chi connectivity index (χ0v) is 19.4. The Kier molecular flexibility index (Phi) is 7.94. The van der Waals surface area contributed by atoms with Gasteiger partial charge in [0.25, 0.3) is 0 Å². The van der Waals surface area contributed by atoms with Crippen LogP contribution in [0, 0.1) is 6.92 Å². The first-order valence-corrected chi connectivity index (χ1v) is 12.0. The van der Waals surface area contributed by atoms with E-state index in [1.165, 1.54) is 29.6 Å². The van der Waals surface area contributed by atoms with Crippen LogP contribution in [0.1, 0.15) is 17.5 Å². The lowest BCUT2D eigenvalue weighted by Crippen LogP contribution is -2.47. The van der Waals surface area contributed by atoms with E-state index in [-0.39, 0.29) is 35.3 Å². The third kappa shape index (κ3) is 5.98. The monoisotopic (exact) mass is 465 g/mol. The Morgan fingerprint density at radius 2 is 1.84 bits per heavy atom. The van der Waals surface area contributed by atoms with Gasteiger partial charge in [-0.25, -0.2) is 8.42 Å². The maximum atomic E-state index is 13.4. The number of benzene rings is 2. The fraction of sp³-hybridized carbons (Fsp3) is 0.409. The summed E-state index contributed by atoms with van der Waals surface area (Å²) >= 11 is 6.17. The molecule has 0 aliphatic carbocycles. The van der Waals surface area contributed by atoms with Crippen molar-refractivity contribution < 1.29 is 17.9 Å². The summed E-state index contributed by atoms with van der Waals surface area (Å²) in [6, 6.07) is 12.1. The van der Waals surface area contributed by atoms with Gasteiger partial charge < -0.3 is 15.0 Å². The van der Waals surface area contributed by atoms with Gasteiger partial charge in [-0.1, -0.05) is 41.4 Å². The van der Waals surface area contributed by atoms with Gasteiger partial charge in [0.2, 0.25) is 15.9 Å². The van der Waals surface area contributed by atoms with Gasteiger partial charge in [0, 0.05) is 45.7 Å². The first-order chi connectivity index (χ1) is 14.8. The SMILES string of the molecule is COc1ccc(S(=O)(=O)N(CCC(=O)N2CCNCC2)Cc2ccc(C)cc2)cc1Cl. The lowest BCUT2D eigenvalue weighted by atomic mass is 10.1. The van der Waals surface area contributed by atoms with Crippen molar-refractivity contribution in [3.63, 3.8) is 0 Å². The molecule has 1 N–H and O–H groups in total. The van der Waals surface area contributed by atoms with Crippen LogP contribution in [-0.4, -0.2) is 63.4 Å². The summed E-state index contributed by atoms with van der Waals surface area (Å²) in [6.45, 7) is 5.01. The molecule has 0 bridgehead atoms. The highest BCUT2D eigenvalue weighted by molar-refractivity contribution is 7.89. The van der Waals surface area contributed by atoms with Crippen LogP contribution in [0.25, 0.3) is 0 Å². The number of nitrogens with one attached hydrogen (secondary N) is 1. The Hall–Kier alpha value is -2.13. The molecule has 9 heteroatoms. The fourth-order valence-electron chi connectivity index (χ4n) is 3.43. The van der Waals surface area contributed by atoms with Crippen molar-refractivity contribution in [3.05, 3.63) is 58.6 Å². The normalized spacial score (nSPS) is 14.6. The van der Waals surface area contributed by atoms with Gasteiger partial charge in [-0.15, -0.1) is 0 Å². The lowest BCUT2D eigenvalue weighted by Gasteiger charge is -2.29. The summed E-state index contributed by atoms with van der Waals surface area (Å²) in [7, 11) is -2.40. The number of hydrogen-bond acceptors (Lipinski definition) is 5. The van der Waals surface area contributed by atoms with E-state index in [0.717, 1.165) is 24.2 Å². The molecule has 7 nitrogen and oxygen atoms in total. The molecule has 0 atom stereocenters. The number of sulfonamides is 1. The highest BCUT2D eigenvalue weighted by Crippen LogP contribution is 2.29. The van der Waals surface area contributed by atoms with Crippen LogP contribution < -0.4 is 10.1 Å². The fourth-order valence-corrected chi connectivity index (χ4v) is 5.21. The van der Waals surface area contributed by atoms with Crippen LogP contribution in [0.3, 0.4) is 0 Å². The molecule has 1 fully saturated rings. The van der Waals surface area contributed by atoms with Crippen LogP contribution in [0.4, 0.5) is 0 Å². The molecule has 1 aliphatic heterocycles. The second-order valence-electron chi connectivity index (χ2n) is 7.50. The third-order valence-corrected chi connectivity index (χ3v) is 7.42. The molecule has 2 aromatic rings. The van der Waals surface area contributed by atoms with E-state index in [0.29, 0.717) is 18.8 Å². The number of carbonyl (C=O) groups excluding carboxylic acids is 1. The Balaban J connectivity index is 1.83. The average molecular weight is 466 g/mol. The van der Waals surface area contributed by atoms with Gasteiger partial charge in [-0.05, 0) is 30.7 Å². The predicted molar refractivity (Wildman–Crippen MR) is 121 cm³/mol. The molecule has 2 aromatic carbocycles. The van der Waals surface area contributed by atoms with E-state index in [1.807, 2.05) is 31.2 Å². The van der Waals surface area contributed by atoms with E-state index in [2.05, 4.69) is 5.32 Å². The zero-order chi connectivity index (χ0) is 22.4. The number of methoxy groups -OCH3 is 1. The molecule has 0 saturated carbocycles. The number of nitrogens with zero attached hydrogens (tertiary/aromatic N) is 2. The maximum Gasteiger partial charge on any atom is 0.243 e. The number of hydrogen-bond donors (Lipinski definition) is 1. The first kappa shape index (κ1) is 23.5. The van der Waals surface area contributed by atoms with Crippen LogP contribution in [0.2, 0.25) is 5.02 Å². The Labute approximate surface area is 189 Å². The standard InChI is InChI=1S/C22H28ClN3O4S/c1-17-3-5-18(6-4-17)16-26(12-9-22(27)25-13-10-24-11-14-25)31(28,29)19-7-8-21(30-2)20(23)15-19/h3-8,15,24H,9-14,16H2,1-2H3. The second kappa shape index (κ2) is 10.5. The van der Waals surface area contributed by atoms with Crippen LogP contribution in [-0.2, 0) is 21.4 Å². The van der Waals surface area contributed by atoms with Crippen molar-refractivity contribution in [3.8, 4) is 5.75 Å². The van der Waals surface area contributed by atoms with Crippen LogP contribution in [0.15, 0.2) is 47.4 Å². The summed E-state index contributed by atoms with van der Waals surface area (Å²) in [6.07, 6.45) is 0.120. The Morgan fingerprint density at radius 3 is 2.45 bits per heavy atom. The molecule has 1 saturated heterocycles. The first-order valence-electron chi connectivity index (χ1n) is 10.2. The van der Waals surface area contributed by atoms with Gasteiger partial charge >= 0.3 is 0 Å². The largest absolute Gasteiger partial charge is 0.495 e. The lowest BCUT2D eigenvalue weighted by molar-refractivity contribution is -0.131. The molecule has 168 valence electrons. The number of carbonyl (C=O) groups is 1. The minimum atomic E-state index is -3.87. The van der Waals surface area contributed by atoms with Crippen LogP contribution in [0.5, 0.6) is 5.75 Å². The van der Waals surface area contributed by atoms with Crippen molar-refractivity contribution in [1.82, 2.24) is 14.5 Å². The summed E-state index contributed by atoms with van der Waals surface area (Å²) in [5.41, 5.74) is 1.94. The van der Waals surface area contributed by atoms with E-state index >= 15 is 0 Å². The molecule has 1 heterocycles. The van der Waals surface area contributed by atoms with E-state index in [9.17, 15) is 13.2 Å². The van der Waals surface area contributed by atoms with Gasteiger partial charge in [0.15, 0.2) is 0 Å². The molecule has 1 aliphatic rings. The molecule has 0 spiro atoms.